The van der Waals surface area contributed by atoms with Crippen molar-refractivity contribution in [1.82, 2.24) is 10.3 Å². The average Bonchev–Trinajstić information content (AvgIpc) is 2.77. The van der Waals surface area contributed by atoms with Crippen molar-refractivity contribution >= 4 is 28.8 Å². The van der Waals surface area contributed by atoms with Crippen LogP contribution in [0, 0.1) is 12.8 Å². The maximum atomic E-state index is 12.0. The van der Waals surface area contributed by atoms with Crippen molar-refractivity contribution in [3.8, 4) is 0 Å². The van der Waals surface area contributed by atoms with E-state index in [0.29, 0.717) is 17.5 Å². The minimum absolute atomic E-state index is 0.0589. The van der Waals surface area contributed by atoms with Gasteiger partial charge in [-0.2, -0.15) is 0 Å². The fraction of sp³-hybridized carbons (Fsp3) is 0.667. The molecule has 0 spiro atoms. The van der Waals surface area contributed by atoms with Gasteiger partial charge in [-0.15, -0.1) is 22.9 Å². The van der Waals surface area contributed by atoms with Gasteiger partial charge in [-0.1, -0.05) is 12.8 Å². The number of rotatable bonds is 3. The smallest absolute Gasteiger partial charge is 0.270 e. The van der Waals surface area contributed by atoms with E-state index in [1.54, 1.807) is 0 Å². The van der Waals surface area contributed by atoms with Crippen molar-refractivity contribution in [2.24, 2.45) is 5.92 Å². The predicted octanol–water partition coefficient (Wildman–Crippen LogP) is 2.98. The summed E-state index contributed by atoms with van der Waals surface area (Å²) in [7, 11) is 0. The largest absolute Gasteiger partial charge is 0.348 e. The van der Waals surface area contributed by atoms with Crippen LogP contribution in [0.3, 0.4) is 0 Å². The van der Waals surface area contributed by atoms with E-state index in [2.05, 4.69) is 10.3 Å². The molecule has 1 N–H and O–H groups in total. The fourth-order valence-corrected chi connectivity index (χ4v) is 3.25. The van der Waals surface area contributed by atoms with E-state index in [0.717, 1.165) is 17.8 Å². The summed E-state index contributed by atoms with van der Waals surface area (Å²) in [6.07, 6.45) is 4.55. The molecule has 1 aliphatic carbocycles. The fourth-order valence-electron chi connectivity index (χ4n) is 2.29. The lowest BCUT2D eigenvalue weighted by Gasteiger charge is -2.30. The quantitative estimate of drug-likeness (QED) is 0.860. The number of nitrogens with zero attached hydrogens (tertiary/aromatic N) is 1. The summed E-state index contributed by atoms with van der Waals surface area (Å²) in [6, 6.07) is 0.218. The molecule has 2 atom stereocenters. The van der Waals surface area contributed by atoms with Crippen LogP contribution in [0.5, 0.6) is 0 Å². The van der Waals surface area contributed by atoms with E-state index in [9.17, 15) is 4.79 Å². The molecule has 1 aliphatic rings. The first kappa shape index (κ1) is 12.8. The van der Waals surface area contributed by atoms with Gasteiger partial charge in [-0.25, -0.2) is 4.98 Å². The van der Waals surface area contributed by atoms with Gasteiger partial charge >= 0.3 is 0 Å². The first-order valence-electron chi connectivity index (χ1n) is 5.99. The molecule has 0 saturated heterocycles. The number of halogens is 1. The molecule has 0 aliphatic heterocycles. The van der Waals surface area contributed by atoms with Crippen molar-refractivity contribution < 1.29 is 4.79 Å². The highest BCUT2D eigenvalue weighted by atomic mass is 35.5. The molecule has 2 unspecified atom stereocenters. The van der Waals surface area contributed by atoms with Gasteiger partial charge in [-0.3, -0.25) is 4.79 Å². The molecule has 5 heteroatoms. The van der Waals surface area contributed by atoms with E-state index < -0.39 is 0 Å². The van der Waals surface area contributed by atoms with Crippen molar-refractivity contribution in [3.05, 3.63) is 16.1 Å². The maximum Gasteiger partial charge on any atom is 0.270 e. The maximum absolute atomic E-state index is 12.0. The number of alkyl halides is 1. The lowest BCUT2D eigenvalue weighted by Crippen LogP contribution is -2.42. The van der Waals surface area contributed by atoms with Crippen molar-refractivity contribution in [2.45, 2.75) is 38.6 Å². The summed E-state index contributed by atoms with van der Waals surface area (Å²) in [5.74, 6) is 0.978. The van der Waals surface area contributed by atoms with Crippen LogP contribution in [0.25, 0.3) is 0 Å². The van der Waals surface area contributed by atoms with Gasteiger partial charge < -0.3 is 5.32 Å². The van der Waals surface area contributed by atoms with Crippen LogP contribution in [0.15, 0.2) is 5.38 Å². The van der Waals surface area contributed by atoms with Gasteiger partial charge in [0.15, 0.2) is 0 Å². The molecule has 1 heterocycles. The molecule has 0 radical (unpaired) electrons. The Bertz CT molecular complexity index is 394. The van der Waals surface area contributed by atoms with Crippen LogP contribution in [0.2, 0.25) is 0 Å². The molecule has 0 bridgehead atoms. The Morgan fingerprint density at radius 1 is 1.59 bits per heavy atom. The number of amides is 1. The standard InChI is InChI=1S/C12H17ClN2OS/c1-8-14-11(7-17-8)12(16)15-10-5-3-2-4-9(10)6-13/h7,9-10H,2-6H2,1H3,(H,15,16). The topological polar surface area (TPSA) is 42.0 Å². The van der Waals surface area contributed by atoms with Crippen LogP contribution in [-0.2, 0) is 0 Å². The van der Waals surface area contributed by atoms with Gasteiger partial charge in [0.05, 0.1) is 5.01 Å². The van der Waals surface area contributed by atoms with Gasteiger partial charge in [0, 0.05) is 17.3 Å². The Morgan fingerprint density at radius 2 is 2.35 bits per heavy atom. The number of carbonyl (C=O) groups is 1. The molecule has 1 fully saturated rings. The summed E-state index contributed by atoms with van der Waals surface area (Å²) in [5, 5.41) is 5.80. The second-order valence-corrected chi connectivity index (χ2v) is 5.90. The first-order chi connectivity index (χ1) is 8.20. The zero-order chi connectivity index (χ0) is 12.3. The van der Waals surface area contributed by atoms with E-state index in [-0.39, 0.29) is 11.9 Å². The van der Waals surface area contributed by atoms with Crippen LogP contribution < -0.4 is 5.32 Å². The summed E-state index contributed by atoms with van der Waals surface area (Å²) in [4.78, 5) is 16.2. The average molecular weight is 273 g/mol. The van der Waals surface area contributed by atoms with Crippen molar-refractivity contribution in [3.63, 3.8) is 0 Å². The Morgan fingerprint density at radius 3 is 3.00 bits per heavy atom. The number of aromatic nitrogens is 1. The van der Waals surface area contributed by atoms with E-state index >= 15 is 0 Å². The molecule has 3 nitrogen and oxygen atoms in total. The van der Waals surface area contributed by atoms with Gasteiger partial charge in [0.2, 0.25) is 0 Å². The lowest BCUT2D eigenvalue weighted by atomic mass is 9.86. The van der Waals surface area contributed by atoms with Gasteiger partial charge in [0.25, 0.3) is 5.91 Å². The second kappa shape index (κ2) is 5.83. The molecule has 1 amide bonds. The normalized spacial score (nSPS) is 24.6. The second-order valence-electron chi connectivity index (χ2n) is 4.53. The summed E-state index contributed by atoms with van der Waals surface area (Å²) in [6.45, 7) is 1.91. The highest BCUT2D eigenvalue weighted by molar-refractivity contribution is 7.09. The van der Waals surface area contributed by atoms with Gasteiger partial charge in [-0.05, 0) is 25.7 Å². The minimum Gasteiger partial charge on any atom is -0.348 e. The predicted molar refractivity (Wildman–Crippen MR) is 70.8 cm³/mol. The number of nitrogens with one attached hydrogen (secondary N) is 1. The summed E-state index contributed by atoms with van der Waals surface area (Å²) < 4.78 is 0. The van der Waals surface area contributed by atoms with E-state index in [4.69, 9.17) is 11.6 Å². The van der Waals surface area contributed by atoms with E-state index in [1.807, 2.05) is 12.3 Å². The number of carbonyl (C=O) groups excluding carboxylic acids is 1. The van der Waals surface area contributed by atoms with Crippen molar-refractivity contribution in [2.75, 3.05) is 5.88 Å². The van der Waals surface area contributed by atoms with Crippen LogP contribution in [-0.4, -0.2) is 22.8 Å². The van der Waals surface area contributed by atoms with Crippen LogP contribution in [0.1, 0.15) is 41.2 Å². The molecule has 17 heavy (non-hydrogen) atoms. The molecule has 1 aromatic heterocycles. The van der Waals surface area contributed by atoms with Crippen molar-refractivity contribution in [1.29, 1.82) is 0 Å². The zero-order valence-corrected chi connectivity index (χ0v) is 11.5. The van der Waals surface area contributed by atoms with Crippen LogP contribution >= 0.6 is 22.9 Å². The monoisotopic (exact) mass is 272 g/mol. The molecular formula is C12H17ClN2OS. The Balaban J connectivity index is 1.97. The zero-order valence-electron chi connectivity index (χ0n) is 9.91. The molecule has 94 valence electrons. The molecular weight excluding hydrogens is 256 g/mol. The van der Waals surface area contributed by atoms with E-state index in [1.165, 1.54) is 24.2 Å². The Kier molecular flexibility index (Phi) is 4.40. The molecule has 1 aromatic rings. The number of hydrogen-bond acceptors (Lipinski definition) is 3. The third-order valence-electron chi connectivity index (χ3n) is 3.28. The molecule has 1 saturated carbocycles. The summed E-state index contributed by atoms with van der Waals surface area (Å²) in [5.41, 5.74) is 0.534. The highest BCUT2D eigenvalue weighted by Crippen LogP contribution is 2.25. The minimum atomic E-state index is -0.0589. The summed E-state index contributed by atoms with van der Waals surface area (Å²) >= 11 is 7.45. The highest BCUT2D eigenvalue weighted by Gasteiger charge is 2.26. The molecule has 2 rings (SSSR count). The number of aryl methyl sites for hydroxylation is 1. The van der Waals surface area contributed by atoms with Crippen LogP contribution in [0.4, 0.5) is 0 Å². The lowest BCUT2D eigenvalue weighted by molar-refractivity contribution is 0.0906. The third kappa shape index (κ3) is 3.19. The Hall–Kier alpha value is -0.610. The third-order valence-corrected chi connectivity index (χ3v) is 4.45. The first-order valence-corrected chi connectivity index (χ1v) is 7.41. The SMILES string of the molecule is Cc1nc(C(=O)NC2CCCCC2CCl)cs1. The number of hydrogen-bond donors (Lipinski definition) is 1. The number of thiazole rings is 1. The Labute approximate surface area is 111 Å². The molecule has 0 aromatic carbocycles. The van der Waals surface area contributed by atoms with Gasteiger partial charge in [0.1, 0.15) is 5.69 Å².